The van der Waals surface area contributed by atoms with E-state index in [1.165, 1.54) is 11.1 Å². The van der Waals surface area contributed by atoms with Gasteiger partial charge < -0.3 is 14.0 Å². The number of rotatable bonds is 6. The Labute approximate surface area is 167 Å². The normalized spacial score (nSPS) is 18.4. The Morgan fingerprint density at radius 1 is 0.964 bits per heavy atom. The van der Waals surface area contributed by atoms with Crippen molar-refractivity contribution in [2.45, 2.75) is 26.1 Å². The average Bonchev–Trinajstić information content (AvgIpc) is 2.73. The fraction of sp³-hybridized carbons (Fsp3) is 0.292. The van der Waals surface area contributed by atoms with Gasteiger partial charge in [-0.25, -0.2) is 0 Å². The van der Waals surface area contributed by atoms with Gasteiger partial charge >= 0.3 is 0 Å². The van der Waals surface area contributed by atoms with Crippen LogP contribution in [0.5, 0.6) is 11.5 Å². The second-order valence-corrected chi connectivity index (χ2v) is 7.78. The summed E-state index contributed by atoms with van der Waals surface area (Å²) in [6.45, 7) is 3.54. The van der Waals surface area contributed by atoms with Crippen LogP contribution in [0.3, 0.4) is 0 Å². The molecule has 1 atom stereocenters. The maximum absolute atomic E-state index is 6.12. The second kappa shape index (κ2) is 8.03. The molecular formula is C24H27N2O2+. The highest BCUT2D eigenvalue weighted by Crippen LogP contribution is 2.36. The lowest BCUT2D eigenvalue weighted by molar-refractivity contribution is -0.937. The Balaban J connectivity index is 1.55. The molecule has 0 saturated carbocycles. The van der Waals surface area contributed by atoms with Gasteiger partial charge in [0.1, 0.15) is 19.7 Å². The van der Waals surface area contributed by atoms with E-state index >= 15 is 0 Å². The third-order valence-electron chi connectivity index (χ3n) is 5.47. The highest BCUT2D eigenvalue weighted by Gasteiger charge is 2.30. The summed E-state index contributed by atoms with van der Waals surface area (Å²) in [6, 6.07) is 20.7. The molecule has 4 rings (SSSR count). The molecule has 0 amide bonds. The minimum Gasteiger partial charge on any atom is -0.493 e. The molecule has 144 valence electrons. The summed E-state index contributed by atoms with van der Waals surface area (Å²) in [7, 11) is 4.02. The van der Waals surface area contributed by atoms with Crippen molar-refractivity contribution < 1.29 is 14.0 Å². The molecule has 0 radical (unpaired) electrons. The summed E-state index contributed by atoms with van der Waals surface area (Å²) in [5.74, 6) is 1.63. The van der Waals surface area contributed by atoms with Gasteiger partial charge in [-0.3, -0.25) is 4.98 Å². The quantitative estimate of drug-likeness (QED) is 0.600. The lowest BCUT2D eigenvalue weighted by Gasteiger charge is -2.38. The number of hydrogen-bond acceptors (Lipinski definition) is 3. The Hall–Kier alpha value is -2.85. The van der Waals surface area contributed by atoms with E-state index in [2.05, 4.69) is 48.4 Å². The van der Waals surface area contributed by atoms with Crippen LogP contribution in [0.1, 0.15) is 22.4 Å². The number of pyridine rings is 1. The molecule has 4 nitrogen and oxygen atoms in total. The maximum Gasteiger partial charge on any atom is 0.162 e. The summed E-state index contributed by atoms with van der Waals surface area (Å²) in [5, 5.41) is 0. The number of fused-ring (bicyclic) bond motifs is 1. The van der Waals surface area contributed by atoms with Gasteiger partial charge in [0.2, 0.25) is 0 Å². The van der Waals surface area contributed by atoms with Crippen molar-refractivity contribution in [1.29, 1.82) is 0 Å². The zero-order valence-corrected chi connectivity index (χ0v) is 16.6. The Morgan fingerprint density at radius 3 is 2.50 bits per heavy atom. The Kier molecular flexibility index (Phi) is 5.31. The largest absolute Gasteiger partial charge is 0.493 e. The minimum absolute atomic E-state index is 0.538. The molecule has 0 aliphatic carbocycles. The lowest BCUT2D eigenvalue weighted by Crippen LogP contribution is -2.46. The Morgan fingerprint density at radius 2 is 1.75 bits per heavy atom. The fourth-order valence-corrected chi connectivity index (χ4v) is 3.93. The van der Waals surface area contributed by atoms with Gasteiger partial charge in [-0.1, -0.05) is 36.4 Å². The number of nitrogens with zero attached hydrogens (tertiary/aromatic N) is 2. The van der Waals surface area contributed by atoms with Crippen LogP contribution in [0, 0.1) is 0 Å². The van der Waals surface area contributed by atoms with Gasteiger partial charge in [0.15, 0.2) is 11.5 Å². The molecule has 1 aliphatic heterocycles. The first-order valence-corrected chi connectivity index (χ1v) is 9.75. The summed E-state index contributed by atoms with van der Waals surface area (Å²) < 4.78 is 12.7. The van der Waals surface area contributed by atoms with E-state index in [1.54, 1.807) is 7.11 Å². The van der Waals surface area contributed by atoms with Gasteiger partial charge in [0.05, 0.1) is 26.4 Å². The van der Waals surface area contributed by atoms with E-state index in [0.717, 1.165) is 53.3 Å². The SMILES string of the molecule is COc1cc2c(cc1OCc1ccccc1)C[N+](C)(Cc1ccccn1)CC2. The van der Waals surface area contributed by atoms with E-state index in [9.17, 15) is 0 Å². The predicted octanol–water partition coefficient (Wildman–Crippen LogP) is 4.37. The van der Waals surface area contributed by atoms with Crippen molar-refractivity contribution in [3.63, 3.8) is 0 Å². The van der Waals surface area contributed by atoms with E-state index in [4.69, 9.17) is 9.47 Å². The van der Waals surface area contributed by atoms with E-state index in [0.29, 0.717) is 6.61 Å². The highest BCUT2D eigenvalue weighted by molar-refractivity contribution is 5.48. The number of ether oxygens (including phenoxy) is 2. The topological polar surface area (TPSA) is 31.4 Å². The van der Waals surface area contributed by atoms with Crippen LogP contribution in [-0.2, 0) is 26.1 Å². The molecule has 2 aromatic carbocycles. The average molecular weight is 375 g/mol. The minimum atomic E-state index is 0.538. The first kappa shape index (κ1) is 18.5. The molecule has 3 aromatic rings. The van der Waals surface area contributed by atoms with Gasteiger partial charge in [0, 0.05) is 18.2 Å². The first-order valence-electron chi connectivity index (χ1n) is 9.75. The van der Waals surface area contributed by atoms with E-state index < -0.39 is 0 Å². The number of quaternary nitrogens is 1. The molecule has 1 unspecified atom stereocenters. The number of methoxy groups -OCH3 is 1. The van der Waals surface area contributed by atoms with Crippen LogP contribution in [-0.4, -0.2) is 30.2 Å². The van der Waals surface area contributed by atoms with Crippen molar-refractivity contribution in [1.82, 2.24) is 4.98 Å². The molecule has 0 fully saturated rings. The number of benzene rings is 2. The van der Waals surface area contributed by atoms with Crippen molar-refractivity contribution in [2.24, 2.45) is 0 Å². The smallest absolute Gasteiger partial charge is 0.162 e. The molecule has 1 aromatic heterocycles. The maximum atomic E-state index is 6.12. The first-order chi connectivity index (χ1) is 13.6. The summed E-state index contributed by atoms with van der Waals surface area (Å²) in [6.07, 6.45) is 2.91. The third kappa shape index (κ3) is 4.18. The molecule has 1 aliphatic rings. The lowest BCUT2D eigenvalue weighted by atomic mass is 9.97. The van der Waals surface area contributed by atoms with Crippen LogP contribution < -0.4 is 9.47 Å². The van der Waals surface area contributed by atoms with Gasteiger partial charge in [-0.2, -0.15) is 0 Å². The van der Waals surface area contributed by atoms with Crippen LogP contribution in [0.25, 0.3) is 0 Å². The van der Waals surface area contributed by atoms with Crippen LogP contribution in [0.2, 0.25) is 0 Å². The third-order valence-corrected chi connectivity index (χ3v) is 5.47. The van der Waals surface area contributed by atoms with Crippen molar-refractivity contribution in [3.05, 3.63) is 89.2 Å². The van der Waals surface area contributed by atoms with Crippen molar-refractivity contribution >= 4 is 0 Å². The zero-order valence-electron chi connectivity index (χ0n) is 16.6. The molecule has 2 heterocycles. The molecule has 0 spiro atoms. The monoisotopic (exact) mass is 375 g/mol. The highest BCUT2D eigenvalue weighted by atomic mass is 16.5. The van der Waals surface area contributed by atoms with Crippen molar-refractivity contribution in [2.75, 3.05) is 20.7 Å². The van der Waals surface area contributed by atoms with Crippen molar-refractivity contribution in [3.8, 4) is 11.5 Å². The van der Waals surface area contributed by atoms with Crippen LogP contribution in [0.4, 0.5) is 0 Å². The predicted molar refractivity (Wildman–Crippen MR) is 110 cm³/mol. The number of hydrogen-bond donors (Lipinski definition) is 0. The molecule has 0 saturated heterocycles. The fourth-order valence-electron chi connectivity index (χ4n) is 3.93. The summed E-state index contributed by atoms with van der Waals surface area (Å²) in [5.41, 5.74) is 5.00. The molecular weight excluding hydrogens is 348 g/mol. The zero-order chi connectivity index (χ0) is 19.4. The van der Waals surface area contributed by atoms with Gasteiger partial charge in [0.25, 0.3) is 0 Å². The van der Waals surface area contributed by atoms with Gasteiger partial charge in [-0.05, 0) is 35.4 Å². The second-order valence-electron chi connectivity index (χ2n) is 7.78. The van der Waals surface area contributed by atoms with E-state index in [1.807, 2.05) is 30.5 Å². The number of likely N-dealkylation sites (N-methyl/N-ethyl adjacent to an activating group) is 1. The van der Waals surface area contributed by atoms with Gasteiger partial charge in [-0.15, -0.1) is 0 Å². The molecule has 4 heteroatoms. The standard InChI is InChI=1S/C24H27N2O2/c1-26(17-22-10-6-7-12-25-22)13-11-20-14-23(27-2)24(15-21(20)16-26)28-18-19-8-4-3-5-9-19/h3-10,12,14-15H,11,13,16-18H2,1-2H3/q+1. The summed E-state index contributed by atoms with van der Waals surface area (Å²) >= 11 is 0. The molecule has 0 bridgehead atoms. The summed E-state index contributed by atoms with van der Waals surface area (Å²) in [4.78, 5) is 4.52. The molecule has 28 heavy (non-hydrogen) atoms. The van der Waals surface area contributed by atoms with Crippen LogP contribution >= 0.6 is 0 Å². The number of aromatic nitrogens is 1. The van der Waals surface area contributed by atoms with E-state index in [-0.39, 0.29) is 0 Å². The Bertz CT molecular complexity index is 928. The van der Waals surface area contributed by atoms with Crippen LogP contribution in [0.15, 0.2) is 66.9 Å². The molecule has 0 N–H and O–H groups in total.